The Labute approximate surface area is 559 Å². The predicted octanol–water partition coefficient (Wildman–Crippen LogP) is -4.10. The van der Waals surface area contributed by atoms with Crippen LogP contribution in [-0.2, 0) is 83.4 Å². The molecule has 6 amide bonds. The lowest BCUT2D eigenvalue weighted by molar-refractivity contribution is -0.308. The van der Waals surface area contributed by atoms with Crippen LogP contribution in [0.3, 0.4) is 0 Å². The highest BCUT2D eigenvalue weighted by Gasteiger charge is 2.37. The number of benzene rings is 6. The molecule has 0 fully saturated rings. The second-order valence-corrected chi connectivity index (χ2v) is 22.7. The summed E-state index contributed by atoms with van der Waals surface area (Å²) in [6.07, 6.45) is -3.54. The summed E-state index contributed by atoms with van der Waals surface area (Å²) in [4.78, 5) is 155. The highest BCUT2D eigenvalue weighted by Crippen LogP contribution is 2.34. The standard InChI is InChI=1S/C68H74N6O24/c75-55(76)13-19-93-35-67(36-94-20-14-56(77)78,37-95-21-15-57(79)80)73-65(91)47-27-43-25-45(29-47)63(89)71-33-53-49-5-1-2-6-50(49)54(52-8-4-3-7-51(52)53)34-72-64(90)46-26-44(62(88)70-32-42-11-9-41(10-12-42)31-69-61(43)87)28-48(30-46)66(92)74-68(38-96-22-16-58(81)82,39-97-23-17-59(83)84)40-98-24-18-60(85)86/h1-12,25-30H,13-24,31-40H2,(H,69,87)(H,70,88)(H,71,89)(H,72,90)(H,73,91)(H,74,92)(H,75,76)(H,77,78)(H,79,80)(H,81,82)(H,83,84)(H,85,86)/p-6. The lowest BCUT2D eigenvalue weighted by Gasteiger charge is -2.34. The Kier molecular flexibility index (Phi) is 27.7. The van der Waals surface area contributed by atoms with Gasteiger partial charge in [-0.05, 0) is 80.2 Å². The first-order valence-corrected chi connectivity index (χ1v) is 30.6. The molecule has 0 atom stereocenters. The van der Waals surface area contributed by atoms with E-state index in [1.807, 2.05) is 0 Å². The fourth-order valence-corrected chi connectivity index (χ4v) is 10.2. The van der Waals surface area contributed by atoms with Gasteiger partial charge in [-0.25, -0.2) is 0 Å². The molecule has 4 aliphatic heterocycles. The molecule has 98 heavy (non-hydrogen) atoms. The molecular formula is C68H68N6O24-6. The number of carboxylic acid groups (broad SMARTS) is 6. The molecule has 0 unspecified atom stereocenters. The van der Waals surface area contributed by atoms with Crippen molar-refractivity contribution in [1.82, 2.24) is 31.9 Å². The van der Waals surface area contributed by atoms with Crippen molar-refractivity contribution in [2.75, 3.05) is 79.3 Å². The van der Waals surface area contributed by atoms with Crippen molar-refractivity contribution in [3.05, 3.63) is 165 Å². The van der Waals surface area contributed by atoms with Gasteiger partial charge in [-0.1, -0.05) is 72.8 Å². The van der Waals surface area contributed by atoms with Crippen molar-refractivity contribution in [3.63, 3.8) is 0 Å². The second-order valence-electron chi connectivity index (χ2n) is 22.7. The van der Waals surface area contributed by atoms with E-state index in [2.05, 4.69) is 31.9 Å². The molecule has 30 nitrogen and oxygen atoms in total. The molecule has 0 aliphatic carbocycles. The summed E-state index contributed by atoms with van der Waals surface area (Å²) in [5, 5.41) is 87.1. The Hall–Kier alpha value is -10.8. The zero-order valence-corrected chi connectivity index (χ0v) is 52.7. The van der Waals surface area contributed by atoms with Crippen molar-refractivity contribution in [1.29, 1.82) is 0 Å². The molecule has 6 aromatic rings. The summed E-state index contributed by atoms with van der Waals surface area (Å²) in [5.41, 5.74) is -2.77. The number of rotatable bonds is 34. The van der Waals surface area contributed by atoms with E-state index in [0.717, 1.165) is 0 Å². The molecule has 0 radical (unpaired) electrons. The lowest BCUT2D eigenvalue weighted by atomic mass is 9.91. The van der Waals surface area contributed by atoms with Gasteiger partial charge in [0.1, 0.15) is 11.1 Å². The molecule has 10 rings (SSSR count). The van der Waals surface area contributed by atoms with Gasteiger partial charge in [0.25, 0.3) is 35.4 Å². The maximum atomic E-state index is 14.7. The summed E-state index contributed by atoms with van der Waals surface area (Å²) in [5.74, 6) is -13.9. The number of carboxylic acids is 6. The van der Waals surface area contributed by atoms with Crippen LogP contribution in [0, 0.1) is 0 Å². The third kappa shape index (κ3) is 22.7. The molecule has 4 heterocycles. The van der Waals surface area contributed by atoms with Crippen LogP contribution in [0.25, 0.3) is 21.5 Å². The molecule has 6 aromatic carbocycles. The van der Waals surface area contributed by atoms with Gasteiger partial charge in [-0.2, -0.15) is 0 Å². The minimum absolute atomic E-state index is 0.136. The van der Waals surface area contributed by atoms with E-state index in [1.165, 1.54) is 36.4 Å². The normalized spacial score (nSPS) is 13.1. The Morgan fingerprint density at radius 2 is 0.561 bits per heavy atom. The van der Waals surface area contributed by atoms with Gasteiger partial charge in [-0.15, -0.1) is 0 Å². The maximum absolute atomic E-state index is 14.7. The van der Waals surface area contributed by atoms with E-state index in [1.54, 1.807) is 72.8 Å². The largest absolute Gasteiger partial charge is 0.550 e. The molecule has 520 valence electrons. The van der Waals surface area contributed by atoms with Crippen molar-refractivity contribution in [2.45, 2.75) is 75.8 Å². The Balaban J connectivity index is 1.27. The van der Waals surface area contributed by atoms with Crippen LogP contribution in [0.15, 0.2) is 109 Å². The number of nitrogens with one attached hydrogen (secondary N) is 6. The van der Waals surface area contributed by atoms with Gasteiger partial charge in [-0.3, -0.25) is 28.8 Å². The van der Waals surface area contributed by atoms with Crippen LogP contribution >= 0.6 is 0 Å². The van der Waals surface area contributed by atoms with Gasteiger partial charge >= 0.3 is 0 Å². The van der Waals surface area contributed by atoms with Crippen LogP contribution in [0.5, 0.6) is 0 Å². The van der Waals surface area contributed by atoms with Gasteiger partial charge < -0.3 is 120 Å². The van der Waals surface area contributed by atoms with E-state index in [-0.39, 0.29) is 59.6 Å². The smallest absolute Gasteiger partial charge is 0.251 e. The quantitative estimate of drug-likeness (QED) is 0.0165. The summed E-state index contributed by atoms with van der Waals surface area (Å²) >= 11 is 0. The average molecular weight is 1350 g/mol. The topological polar surface area (TPSA) is 471 Å². The predicted molar refractivity (Wildman–Crippen MR) is 329 cm³/mol. The number of aliphatic carboxylic acids is 6. The van der Waals surface area contributed by atoms with Gasteiger partial charge in [0.15, 0.2) is 0 Å². The van der Waals surface area contributed by atoms with E-state index < -0.39 is 200 Å². The van der Waals surface area contributed by atoms with Gasteiger partial charge in [0.05, 0.1) is 79.3 Å². The summed E-state index contributed by atoms with van der Waals surface area (Å²) in [7, 11) is 0. The van der Waals surface area contributed by atoms with Gasteiger partial charge in [0.2, 0.25) is 0 Å². The lowest BCUT2D eigenvalue weighted by Crippen LogP contribution is -2.59. The number of hydrogen-bond donors (Lipinski definition) is 6. The first kappa shape index (κ1) is 74.6. The molecular weight excluding hydrogens is 1280 g/mol. The molecule has 8 bridgehead atoms. The molecule has 30 heteroatoms. The Bertz CT molecular complexity index is 3520. The number of ether oxygens (including phenoxy) is 6. The average Bonchev–Trinajstić information content (AvgIpc) is 0.757. The Morgan fingerprint density at radius 3 is 0.786 bits per heavy atom. The van der Waals surface area contributed by atoms with Crippen LogP contribution in [0.4, 0.5) is 0 Å². The molecule has 4 aliphatic rings. The minimum atomic E-state index is -1.82. The summed E-state index contributed by atoms with van der Waals surface area (Å²) in [6, 6.07) is 27.9. The number of carbonyl (C=O) groups excluding carboxylic acids is 12. The minimum Gasteiger partial charge on any atom is -0.550 e. The molecule has 0 aromatic heterocycles. The molecule has 6 N–H and O–H groups in total. The highest BCUT2D eigenvalue weighted by atomic mass is 16.5. The van der Waals surface area contributed by atoms with Crippen molar-refractivity contribution in [3.8, 4) is 0 Å². The van der Waals surface area contributed by atoms with E-state index in [0.29, 0.717) is 43.8 Å². The fraction of sp³-hybridized carbons (Fsp3) is 0.353. The first-order valence-electron chi connectivity index (χ1n) is 30.6. The maximum Gasteiger partial charge on any atom is 0.251 e. The van der Waals surface area contributed by atoms with E-state index in [9.17, 15) is 88.2 Å². The van der Waals surface area contributed by atoms with E-state index in [4.69, 9.17) is 28.4 Å². The van der Waals surface area contributed by atoms with Crippen molar-refractivity contribution >= 4 is 92.8 Å². The molecule has 0 saturated carbocycles. The monoisotopic (exact) mass is 1350 g/mol. The fourth-order valence-electron chi connectivity index (χ4n) is 10.2. The zero-order valence-electron chi connectivity index (χ0n) is 52.7. The Morgan fingerprint density at radius 1 is 0.337 bits per heavy atom. The van der Waals surface area contributed by atoms with Gasteiger partial charge in [0, 0.05) is 134 Å². The van der Waals surface area contributed by atoms with Crippen molar-refractivity contribution < 1.29 is 117 Å². The third-order valence-corrected chi connectivity index (χ3v) is 15.1. The van der Waals surface area contributed by atoms with E-state index >= 15 is 0 Å². The second kappa shape index (κ2) is 36.4. The van der Waals surface area contributed by atoms with Crippen molar-refractivity contribution in [2.24, 2.45) is 0 Å². The van der Waals surface area contributed by atoms with Crippen LogP contribution < -0.4 is 62.5 Å². The summed E-state index contributed by atoms with van der Waals surface area (Å²) < 4.78 is 33.7. The number of carbonyl (C=O) groups is 12. The number of amides is 6. The van der Waals surface area contributed by atoms with Crippen LogP contribution in [0.2, 0.25) is 0 Å². The molecule has 0 spiro atoms. The van der Waals surface area contributed by atoms with Crippen LogP contribution in [-0.4, -0.2) is 162 Å². The van der Waals surface area contributed by atoms with Crippen LogP contribution in [0.1, 0.15) is 123 Å². The molecule has 0 saturated heterocycles. The zero-order chi connectivity index (χ0) is 70.8. The first-order chi connectivity index (χ1) is 46.9. The third-order valence-electron chi connectivity index (χ3n) is 15.1. The summed E-state index contributed by atoms with van der Waals surface area (Å²) in [6.45, 7) is -6.67. The highest BCUT2D eigenvalue weighted by molar-refractivity contribution is 6.09. The number of hydrogen-bond acceptors (Lipinski definition) is 24. The SMILES string of the molecule is O=C([O-])CCOCC(COCCC(=O)[O-])(COCCC(=O)[O-])NC(=O)c1cc2cc(c1)C(=O)NCc1c3ccccc3c(c3ccccc13)CNC(=O)c1cc(cc(C(=O)NC(COCCC(=O)[O-])(COCCC(=O)[O-])COCCC(=O)[O-])c1)C(=O)NCc1ccc(cc1)CNC2=O.